The average molecular weight is 671 g/mol. The van der Waals surface area contributed by atoms with E-state index in [0.29, 0.717) is 5.56 Å². The summed E-state index contributed by atoms with van der Waals surface area (Å²) < 4.78 is 17.0. The van der Waals surface area contributed by atoms with Gasteiger partial charge >= 0.3 is 0 Å². The van der Waals surface area contributed by atoms with E-state index in [1.165, 1.54) is 164 Å². The van der Waals surface area contributed by atoms with Crippen LogP contribution in [-0.4, -0.2) is 61.3 Å². The molecule has 0 aliphatic carbocycles. The lowest BCUT2D eigenvalue weighted by atomic mass is 10.1. The van der Waals surface area contributed by atoms with Crippen molar-refractivity contribution in [2.24, 2.45) is 0 Å². The molecule has 1 aromatic carbocycles. The fraction of sp³-hybridized carbons (Fsp3) is 0.846. The Hall–Kier alpha value is -0.750. The summed E-state index contributed by atoms with van der Waals surface area (Å²) in [6.45, 7) is 29.8. The van der Waals surface area contributed by atoms with Gasteiger partial charge in [0.1, 0.15) is 0 Å². The molecule has 274 valence electrons. The van der Waals surface area contributed by atoms with E-state index in [1.54, 1.807) is 30.3 Å². The highest BCUT2D eigenvalue weighted by molar-refractivity contribution is 7.43. The lowest BCUT2D eigenvalue weighted by Crippen LogP contribution is -2.50. The maximum Gasteiger partial charge on any atom is 0.0786 e. The van der Waals surface area contributed by atoms with Crippen LogP contribution in [0.4, 0.5) is 0 Å². The molecular formula is C39H79N2O4P. The van der Waals surface area contributed by atoms with Gasteiger partial charge in [-0.05, 0) is 56.9 Å². The van der Waals surface area contributed by atoms with E-state index in [1.807, 2.05) is 0 Å². The number of unbranched alkanes of at least 4 members (excludes halogenated alkanes) is 8. The number of phosphoric acid groups is 1. The van der Waals surface area contributed by atoms with E-state index in [9.17, 15) is 14.4 Å². The molecule has 0 fully saturated rings. The molecule has 0 aliphatic heterocycles. The van der Waals surface area contributed by atoms with Gasteiger partial charge < -0.3 is 27.8 Å². The second-order valence-electron chi connectivity index (χ2n) is 13.5. The zero-order valence-corrected chi connectivity index (χ0v) is 32.9. The molecule has 0 bridgehead atoms. The van der Waals surface area contributed by atoms with Crippen molar-refractivity contribution in [2.45, 2.75) is 165 Å². The Morgan fingerprint density at radius 2 is 0.717 bits per heavy atom. The molecule has 7 heteroatoms. The Kier molecular flexibility index (Phi) is 32.4. The Morgan fingerprint density at radius 1 is 0.478 bits per heavy atom. The van der Waals surface area contributed by atoms with Gasteiger partial charge in [-0.2, -0.15) is 0 Å². The summed E-state index contributed by atoms with van der Waals surface area (Å²) >= 11 is 0. The van der Waals surface area contributed by atoms with Crippen molar-refractivity contribution in [3.05, 3.63) is 35.9 Å². The van der Waals surface area contributed by atoms with Gasteiger partial charge in [-0.3, -0.25) is 0 Å². The van der Waals surface area contributed by atoms with Crippen LogP contribution in [0.3, 0.4) is 0 Å². The number of rotatable bonds is 27. The van der Waals surface area contributed by atoms with Crippen LogP contribution in [0.15, 0.2) is 30.3 Å². The van der Waals surface area contributed by atoms with Gasteiger partial charge in [-0.25, -0.2) is 0 Å². The van der Waals surface area contributed by atoms with Gasteiger partial charge in [0, 0.05) is 0 Å². The summed E-state index contributed by atoms with van der Waals surface area (Å²) in [7, 11) is -4.83. The first-order valence-electron chi connectivity index (χ1n) is 19.5. The van der Waals surface area contributed by atoms with Crippen molar-refractivity contribution in [1.29, 1.82) is 0 Å². The normalized spacial score (nSPS) is 11.9. The molecule has 0 heterocycles. The minimum Gasteiger partial charge on any atom is -0.790 e. The van der Waals surface area contributed by atoms with Crippen LogP contribution in [0.2, 0.25) is 0 Å². The highest BCUT2D eigenvalue weighted by Gasteiger charge is 2.25. The summed E-state index contributed by atoms with van der Waals surface area (Å²) in [5.41, 5.74) is 0.657. The second kappa shape index (κ2) is 31.5. The van der Waals surface area contributed by atoms with Crippen molar-refractivity contribution in [2.75, 3.05) is 52.4 Å². The molecule has 0 saturated heterocycles. The van der Waals surface area contributed by atoms with Gasteiger partial charge in [-0.1, -0.05) is 137 Å². The third kappa shape index (κ3) is 27.2. The maximum atomic E-state index is 10.1. The molecule has 0 spiro atoms. The van der Waals surface area contributed by atoms with Gasteiger partial charge in [0.25, 0.3) is 0 Å². The Balaban J connectivity index is 0. The fourth-order valence-electron chi connectivity index (χ4n) is 6.02. The van der Waals surface area contributed by atoms with E-state index < -0.39 is 7.82 Å². The van der Waals surface area contributed by atoms with Crippen LogP contribution in [-0.2, 0) is 15.7 Å². The second-order valence-corrected chi connectivity index (χ2v) is 14.7. The predicted octanol–water partition coefficient (Wildman–Crippen LogP) is 10.0. The number of nitrogens with zero attached hydrogens (tertiary/aromatic N) is 2. The molecular weight excluding hydrogens is 591 g/mol. The SMILES string of the molecule is CCCC[N+](CCCC)(CCCC)CCCC.CCCC[N+](CCCC)(CCCC)CCCC.O=P([O-])([O-])OCc1ccccc1. The molecule has 0 saturated carbocycles. The molecule has 0 amide bonds. The quantitative estimate of drug-likeness (QED) is 0.0690. The summed E-state index contributed by atoms with van der Waals surface area (Å²) in [4.78, 5) is 20.1. The molecule has 1 rings (SSSR count). The van der Waals surface area contributed by atoms with Gasteiger partial charge in [-0.15, -0.1) is 0 Å². The lowest BCUT2D eigenvalue weighted by Gasteiger charge is -2.39. The summed E-state index contributed by atoms with van der Waals surface area (Å²) in [6, 6.07) is 8.61. The van der Waals surface area contributed by atoms with E-state index >= 15 is 0 Å². The van der Waals surface area contributed by atoms with E-state index in [2.05, 4.69) is 59.9 Å². The number of phosphoric ester groups is 1. The summed E-state index contributed by atoms with van der Waals surface area (Å²) in [5, 5.41) is 0. The number of hydrogen-bond acceptors (Lipinski definition) is 4. The smallest absolute Gasteiger partial charge is 0.0786 e. The van der Waals surface area contributed by atoms with Gasteiger partial charge in [0.15, 0.2) is 0 Å². The monoisotopic (exact) mass is 671 g/mol. The van der Waals surface area contributed by atoms with Crippen molar-refractivity contribution in [3.8, 4) is 0 Å². The molecule has 6 nitrogen and oxygen atoms in total. The lowest BCUT2D eigenvalue weighted by molar-refractivity contribution is -0.929. The Bertz CT molecular complexity index is 691. The highest BCUT2D eigenvalue weighted by Crippen LogP contribution is 2.26. The number of benzene rings is 1. The molecule has 0 aromatic heterocycles. The first-order chi connectivity index (χ1) is 22.1. The van der Waals surface area contributed by atoms with Gasteiger partial charge in [0.05, 0.1) is 66.8 Å². The van der Waals surface area contributed by atoms with Crippen LogP contribution in [0, 0.1) is 0 Å². The van der Waals surface area contributed by atoms with E-state index in [0.717, 1.165) is 0 Å². The first kappa shape index (κ1) is 47.4. The fourth-order valence-corrected chi connectivity index (χ4v) is 6.32. The van der Waals surface area contributed by atoms with Crippen molar-refractivity contribution in [3.63, 3.8) is 0 Å². The summed E-state index contributed by atoms with van der Waals surface area (Å²) in [5.74, 6) is 0. The zero-order valence-electron chi connectivity index (χ0n) is 32.0. The van der Waals surface area contributed by atoms with Crippen LogP contribution < -0.4 is 9.79 Å². The van der Waals surface area contributed by atoms with Gasteiger partial charge in [0.2, 0.25) is 0 Å². The Labute approximate surface area is 288 Å². The van der Waals surface area contributed by atoms with E-state index in [-0.39, 0.29) is 6.61 Å². The first-order valence-corrected chi connectivity index (χ1v) is 20.9. The molecule has 0 atom stereocenters. The third-order valence-corrected chi connectivity index (χ3v) is 9.57. The highest BCUT2D eigenvalue weighted by atomic mass is 31.2. The average Bonchev–Trinajstić information content (AvgIpc) is 3.07. The topological polar surface area (TPSA) is 72.4 Å². The number of hydrogen-bond donors (Lipinski definition) is 0. The summed E-state index contributed by atoms with van der Waals surface area (Å²) in [6.07, 6.45) is 22.1. The Morgan fingerprint density at radius 3 is 0.913 bits per heavy atom. The maximum absolute atomic E-state index is 10.1. The largest absolute Gasteiger partial charge is 0.790 e. The zero-order chi connectivity index (χ0) is 35.0. The third-order valence-electron chi connectivity index (χ3n) is 9.12. The number of quaternary nitrogens is 2. The predicted molar refractivity (Wildman–Crippen MR) is 198 cm³/mol. The van der Waals surface area contributed by atoms with Crippen molar-refractivity contribution >= 4 is 7.82 Å². The van der Waals surface area contributed by atoms with E-state index in [4.69, 9.17) is 0 Å². The molecule has 1 aromatic rings. The molecule has 0 unspecified atom stereocenters. The minimum atomic E-state index is -4.83. The molecule has 0 aliphatic rings. The van der Waals surface area contributed by atoms with Crippen LogP contribution in [0.1, 0.15) is 164 Å². The molecule has 0 N–H and O–H groups in total. The minimum absolute atomic E-state index is 0.189. The van der Waals surface area contributed by atoms with Crippen LogP contribution in [0.5, 0.6) is 0 Å². The standard InChI is InChI=1S/2C16H36N.C7H9O4P/c2*1-5-9-13-17(14-10-6-2,15-11-7-3)16-12-8-4;8-12(9,10)11-6-7-4-2-1-3-5-7/h2*5-16H2,1-4H3;1-5H,6H2,(H2,8,9,10)/q2*+1;/p-2. The van der Waals surface area contributed by atoms with Crippen molar-refractivity contribution in [1.82, 2.24) is 0 Å². The molecule has 0 radical (unpaired) electrons. The van der Waals surface area contributed by atoms with Crippen LogP contribution in [0.25, 0.3) is 0 Å². The van der Waals surface area contributed by atoms with Crippen LogP contribution >= 0.6 is 7.82 Å². The van der Waals surface area contributed by atoms with Crippen molar-refractivity contribution < 1.29 is 27.8 Å². The molecule has 46 heavy (non-hydrogen) atoms.